The van der Waals surface area contributed by atoms with Crippen molar-refractivity contribution in [1.82, 2.24) is 14.5 Å². The Bertz CT molecular complexity index is 457. The third-order valence-corrected chi connectivity index (χ3v) is 2.11. The molecule has 2 rings (SSSR count). The molecule has 0 fully saturated rings. The lowest BCUT2D eigenvalue weighted by Gasteiger charge is -2.00. The largest absolute Gasteiger partial charge is 0.332 e. The van der Waals surface area contributed by atoms with Crippen LogP contribution in [0, 0.1) is 13.8 Å². The van der Waals surface area contributed by atoms with E-state index < -0.39 is 0 Å². The van der Waals surface area contributed by atoms with Crippen LogP contribution >= 0.6 is 0 Å². The predicted octanol–water partition coefficient (Wildman–Crippen LogP) is 2.10. The Morgan fingerprint density at radius 3 is 2.43 bits per heavy atom. The predicted molar refractivity (Wildman–Crippen MR) is 55.9 cm³/mol. The minimum Gasteiger partial charge on any atom is -0.332 e. The van der Waals surface area contributed by atoms with Gasteiger partial charge in [0.2, 0.25) is 0 Å². The van der Waals surface area contributed by atoms with Crippen LogP contribution in [-0.4, -0.2) is 14.5 Å². The Morgan fingerprint density at radius 2 is 1.86 bits per heavy atom. The van der Waals surface area contributed by atoms with Crippen LogP contribution in [-0.2, 0) is 7.05 Å². The Morgan fingerprint density at radius 1 is 1.07 bits per heavy atom. The molecule has 0 bridgehead atoms. The highest BCUT2D eigenvalue weighted by molar-refractivity contribution is 5.50. The summed E-state index contributed by atoms with van der Waals surface area (Å²) >= 11 is 0. The smallest absolute Gasteiger partial charge is 0.158 e. The lowest BCUT2D eigenvalue weighted by molar-refractivity contribution is 0.915. The van der Waals surface area contributed by atoms with Gasteiger partial charge in [-0.1, -0.05) is 6.07 Å². The second kappa shape index (κ2) is 3.25. The van der Waals surface area contributed by atoms with Crippen LogP contribution in [0.4, 0.5) is 0 Å². The second-order valence-electron chi connectivity index (χ2n) is 3.48. The minimum atomic E-state index is 0.922. The van der Waals surface area contributed by atoms with E-state index in [1.54, 1.807) is 0 Å². The number of pyridine rings is 1. The van der Waals surface area contributed by atoms with Gasteiger partial charge in [-0.25, -0.2) is 9.97 Å². The van der Waals surface area contributed by atoms with Crippen LogP contribution < -0.4 is 0 Å². The van der Waals surface area contributed by atoms with Crippen LogP contribution in [0.15, 0.2) is 24.4 Å². The monoisotopic (exact) mass is 187 g/mol. The first kappa shape index (κ1) is 8.94. The van der Waals surface area contributed by atoms with Gasteiger partial charge in [0.1, 0.15) is 5.69 Å². The molecular formula is C11H13N3. The molecule has 0 amide bonds. The summed E-state index contributed by atoms with van der Waals surface area (Å²) in [4.78, 5) is 8.86. The highest BCUT2D eigenvalue weighted by Crippen LogP contribution is 2.15. The zero-order valence-corrected chi connectivity index (χ0v) is 8.65. The third-order valence-electron chi connectivity index (χ3n) is 2.11. The summed E-state index contributed by atoms with van der Waals surface area (Å²) in [5.41, 5.74) is 2.97. The average molecular weight is 187 g/mol. The Labute approximate surface area is 83.4 Å². The van der Waals surface area contributed by atoms with Crippen molar-refractivity contribution in [3.05, 3.63) is 35.8 Å². The molecule has 0 atom stereocenters. The van der Waals surface area contributed by atoms with Crippen LogP contribution in [0.5, 0.6) is 0 Å². The first-order valence-electron chi connectivity index (χ1n) is 4.61. The van der Waals surface area contributed by atoms with E-state index in [1.165, 1.54) is 0 Å². The molecule has 0 aliphatic rings. The Balaban J connectivity index is 2.54. The van der Waals surface area contributed by atoms with Gasteiger partial charge in [0.15, 0.2) is 5.82 Å². The number of hydrogen-bond donors (Lipinski definition) is 0. The highest BCUT2D eigenvalue weighted by Gasteiger charge is 2.06. The molecule has 0 aliphatic carbocycles. The van der Waals surface area contributed by atoms with Gasteiger partial charge in [-0.3, -0.25) is 0 Å². The molecule has 0 saturated carbocycles. The van der Waals surface area contributed by atoms with Gasteiger partial charge in [0.05, 0.1) is 5.69 Å². The van der Waals surface area contributed by atoms with Crippen molar-refractivity contribution in [1.29, 1.82) is 0 Å². The average Bonchev–Trinajstić information content (AvgIpc) is 2.45. The molecule has 0 radical (unpaired) electrons. The van der Waals surface area contributed by atoms with E-state index in [4.69, 9.17) is 0 Å². The van der Waals surface area contributed by atoms with Gasteiger partial charge >= 0.3 is 0 Å². The number of aromatic nitrogens is 3. The zero-order chi connectivity index (χ0) is 10.1. The summed E-state index contributed by atoms with van der Waals surface area (Å²) in [5.74, 6) is 0.922. The van der Waals surface area contributed by atoms with Crippen molar-refractivity contribution >= 4 is 0 Å². The van der Waals surface area contributed by atoms with Crippen molar-refractivity contribution < 1.29 is 0 Å². The molecular weight excluding hydrogens is 174 g/mol. The molecule has 3 heteroatoms. The van der Waals surface area contributed by atoms with Crippen molar-refractivity contribution in [2.24, 2.45) is 7.05 Å². The van der Waals surface area contributed by atoms with Crippen molar-refractivity contribution in [2.75, 3.05) is 0 Å². The van der Waals surface area contributed by atoms with Crippen molar-refractivity contribution in [3.8, 4) is 11.5 Å². The third kappa shape index (κ3) is 1.53. The van der Waals surface area contributed by atoms with E-state index in [9.17, 15) is 0 Å². The lowest BCUT2D eigenvalue weighted by Crippen LogP contribution is -1.94. The van der Waals surface area contributed by atoms with Gasteiger partial charge < -0.3 is 4.57 Å². The fourth-order valence-electron chi connectivity index (χ4n) is 1.52. The van der Waals surface area contributed by atoms with E-state index in [0.29, 0.717) is 0 Å². The maximum Gasteiger partial charge on any atom is 0.158 e. The summed E-state index contributed by atoms with van der Waals surface area (Å²) in [5, 5.41) is 0. The standard InChI is InChI=1S/C11H13N3/c1-8-5-4-6-10(12-8)11-13-9(2)7-14(11)3/h4-7H,1-3H3. The van der Waals surface area contributed by atoms with Crippen molar-refractivity contribution in [2.45, 2.75) is 13.8 Å². The molecule has 14 heavy (non-hydrogen) atoms. The van der Waals surface area contributed by atoms with E-state index in [0.717, 1.165) is 22.9 Å². The number of aryl methyl sites for hydroxylation is 3. The summed E-state index contributed by atoms with van der Waals surface area (Å²) in [7, 11) is 1.99. The molecule has 2 aromatic heterocycles. The molecule has 0 aromatic carbocycles. The highest BCUT2D eigenvalue weighted by atomic mass is 15.1. The fraction of sp³-hybridized carbons (Fsp3) is 0.273. The molecule has 0 aliphatic heterocycles. The summed E-state index contributed by atoms with van der Waals surface area (Å²) in [6.45, 7) is 3.97. The maximum atomic E-state index is 4.43. The topological polar surface area (TPSA) is 30.7 Å². The lowest BCUT2D eigenvalue weighted by atomic mass is 10.3. The van der Waals surface area contributed by atoms with Crippen molar-refractivity contribution in [3.63, 3.8) is 0 Å². The summed E-state index contributed by atoms with van der Waals surface area (Å²) in [6.07, 6.45) is 2.00. The quantitative estimate of drug-likeness (QED) is 0.684. The number of imidazole rings is 1. The van der Waals surface area contributed by atoms with Crippen LogP contribution in [0.2, 0.25) is 0 Å². The number of nitrogens with zero attached hydrogens (tertiary/aromatic N) is 3. The van der Waals surface area contributed by atoms with Gasteiger partial charge in [-0.05, 0) is 26.0 Å². The molecule has 0 N–H and O–H groups in total. The van der Waals surface area contributed by atoms with E-state index >= 15 is 0 Å². The molecule has 3 nitrogen and oxygen atoms in total. The normalized spacial score (nSPS) is 10.5. The van der Waals surface area contributed by atoms with Gasteiger partial charge in [-0.2, -0.15) is 0 Å². The molecule has 2 aromatic rings. The number of rotatable bonds is 1. The Hall–Kier alpha value is -1.64. The first-order valence-corrected chi connectivity index (χ1v) is 4.61. The van der Waals surface area contributed by atoms with Gasteiger partial charge in [-0.15, -0.1) is 0 Å². The zero-order valence-electron chi connectivity index (χ0n) is 8.65. The van der Waals surface area contributed by atoms with E-state index in [-0.39, 0.29) is 0 Å². The van der Waals surface area contributed by atoms with E-state index in [1.807, 2.05) is 49.9 Å². The van der Waals surface area contributed by atoms with Crippen LogP contribution in [0.1, 0.15) is 11.4 Å². The second-order valence-corrected chi connectivity index (χ2v) is 3.48. The summed E-state index contributed by atoms with van der Waals surface area (Å²) in [6, 6.07) is 5.97. The van der Waals surface area contributed by atoms with Crippen LogP contribution in [0.25, 0.3) is 11.5 Å². The first-order chi connectivity index (χ1) is 6.66. The molecule has 2 heterocycles. The van der Waals surface area contributed by atoms with Crippen LogP contribution in [0.3, 0.4) is 0 Å². The van der Waals surface area contributed by atoms with Gasteiger partial charge in [0, 0.05) is 18.9 Å². The van der Waals surface area contributed by atoms with Gasteiger partial charge in [0.25, 0.3) is 0 Å². The molecule has 0 saturated heterocycles. The number of hydrogen-bond acceptors (Lipinski definition) is 2. The summed E-state index contributed by atoms with van der Waals surface area (Å²) < 4.78 is 2.00. The maximum absolute atomic E-state index is 4.43. The SMILES string of the molecule is Cc1cccc(-c2nc(C)cn2C)n1. The molecule has 72 valence electrons. The molecule has 0 unspecified atom stereocenters. The minimum absolute atomic E-state index is 0.922. The van der Waals surface area contributed by atoms with E-state index in [2.05, 4.69) is 9.97 Å². The fourth-order valence-corrected chi connectivity index (χ4v) is 1.52. The molecule has 0 spiro atoms. The Kier molecular flexibility index (Phi) is 2.08.